The number of nitrogens with zero attached hydrogens (tertiary/aromatic N) is 1. The largest absolute Gasteiger partial charge is 0.326 e. The first kappa shape index (κ1) is 20.8. The summed E-state index contributed by atoms with van der Waals surface area (Å²) in [6.07, 6.45) is 2.50. The number of sulfonamides is 1. The quantitative estimate of drug-likeness (QED) is 0.682. The van der Waals surface area contributed by atoms with E-state index in [9.17, 15) is 18.0 Å². The lowest BCUT2D eigenvalue weighted by Gasteiger charge is -2.17. The number of rotatable bonds is 7. The third kappa shape index (κ3) is 4.66. The van der Waals surface area contributed by atoms with Gasteiger partial charge < -0.3 is 10.2 Å². The number of hydrogen-bond acceptors (Lipinski definition) is 4. The Kier molecular flexibility index (Phi) is 5.81. The van der Waals surface area contributed by atoms with Gasteiger partial charge >= 0.3 is 0 Å². The number of halogens is 1. The molecule has 0 aromatic heterocycles. The Morgan fingerprint density at radius 1 is 1.13 bits per heavy atom. The summed E-state index contributed by atoms with van der Waals surface area (Å²) < 4.78 is 27.7. The van der Waals surface area contributed by atoms with Crippen LogP contribution in [0, 0.1) is 5.92 Å². The summed E-state index contributed by atoms with van der Waals surface area (Å²) >= 11 is 5.88. The molecule has 1 heterocycles. The van der Waals surface area contributed by atoms with Gasteiger partial charge in [0.05, 0.1) is 4.90 Å². The van der Waals surface area contributed by atoms with E-state index in [0.717, 1.165) is 24.1 Å². The Hall–Kier alpha value is -2.42. The highest BCUT2D eigenvalue weighted by Gasteiger charge is 2.36. The molecule has 1 aliphatic heterocycles. The van der Waals surface area contributed by atoms with Crippen molar-refractivity contribution in [3.8, 4) is 0 Å². The Balaban J connectivity index is 1.35. The second-order valence-electron chi connectivity index (χ2n) is 7.51. The van der Waals surface area contributed by atoms with Crippen molar-refractivity contribution in [2.75, 3.05) is 23.3 Å². The van der Waals surface area contributed by atoms with Crippen LogP contribution in [0.3, 0.4) is 0 Å². The van der Waals surface area contributed by atoms with E-state index in [2.05, 4.69) is 10.0 Å². The molecule has 2 aliphatic rings. The van der Waals surface area contributed by atoms with E-state index in [4.69, 9.17) is 11.6 Å². The van der Waals surface area contributed by atoms with Gasteiger partial charge in [-0.25, -0.2) is 13.1 Å². The normalized spacial score (nSPS) is 15.7. The minimum atomic E-state index is -3.75. The molecule has 158 valence electrons. The molecule has 30 heavy (non-hydrogen) atoms. The molecule has 0 spiro atoms. The Morgan fingerprint density at radius 2 is 1.93 bits per heavy atom. The Bertz CT molecular complexity index is 1100. The molecule has 2 aromatic rings. The summed E-state index contributed by atoms with van der Waals surface area (Å²) in [5.74, 6) is -0.0598. The van der Waals surface area contributed by atoms with Crippen LogP contribution in [-0.4, -0.2) is 33.3 Å². The number of carbonyl (C=O) groups is 2. The number of anilines is 2. The summed E-state index contributed by atoms with van der Waals surface area (Å²) in [4.78, 5) is 26.3. The van der Waals surface area contributed by atoms with Crippen LogP contribution in [-0.2, 0) is 26.0 Å². The number of hydrogen-bond donors (Lipinski definition) is 2. The van der Waals surface area contributed by atoms with Gasteiger partial charge in [0, 0.05) is 41.8 Å². The lowest BCUT2D eigenvalue weighted by atomic mass is 10.2. The highest BCUT2D eigenvalue weighted by molar-refractivity contribution is 7.89. The van der Waals surface area contributed by atoms with Gasteiger partial charge in [0.15, 0.2) is 0 Å². The average Bonchev–Trinajstić information content (AvgIpc) is 3.46. The fraction of sp³-hybridized carbons (Fsp3) is 0.333. The van der Waals surface area contributed by atoms with Crippen LogP contribution in [0.1, 0.15) is 24.8 Å². The zero-order chi connectivity index (χ0) is 21.3. The molecule has 2 N–H and O–H groups in total. The zero-order valence-electron chi connectivity index (χ0n) is 16.2. The first-order valence-electron chi connectivity index (χ1n) is 9.83. The molecule has 9 heteroatoms. The summed E-state index contributed by atoms with van der Waals surface area (Å²) in [5.41, 5.74) is 2.21. The van der Waals surface area contributed by atoms with E-state index in [-0.39, 0.29) is 35.6 Å². The lowest BCUT2D eigenvalue weighted by Crippen LogP contribution is -2.30. The van der Waals surface area contributed by atoms with Gasteiger partial charge in [-0.2, -0.15) is 0 Å². The molecule has 1 aliphatic carbocycles. The van der Waals surface area contributed by atoms with E-state index in [1.54, 1.807) is 41.3 Å². The second kappa shape index (κ2) is 8.37. The van der Waals surface area contributed by atoms with Gasteiger partial charge in [-0.1, -0.05) is 17.7 Å². The van der Waals surface area contributed by atoms with E-state index in [1.165, 1.54) is 6.07 Å². The van der Waals surface area contributed by atoms with Crippen molar-refractivity contribution < 1.29 is 18.0 Å². The summed E-state index contributed by atoms with van der Waals surface area (Å²) in [5, 5.41) is 3.18. The summed E-state index contributed by atoms with van der Waals surface area (Å²) in [6, 6.07) is 11.6. The molecule has 0 radical (unpaired) electrons. The summed E-state index contributed by atoms with van der Waals surface area (Å²) in [6.45, 7) is 0.559. The van der Waals surface area contributed by atoms with E-state index in [0.29, 0.717) is 23.7 Å². The lowest BCUT2D eigenvalue weighted by molar-refractivity contribution is -0.119. The highest BCUT2D eigenvalue weighted by atomic mass is 35.5. The van der Waals surface area contributed by atoms with Crippen molar-refractivity contribution in [3.05, 3.63) is 53.1 Å². The smallest absolute Gasteiger partial charge is 0.240 e. The van der Waals surface area contributed by atoms with Crippen LogP contribution in [0.2, 0.25) is 5.02 Å². The molecule has 2 amide bonds. The molecule has 0 unspecified atom stereocenters. The zero-order valence-corrected chi connectivity index (χ0v) is 17.8. The molecule has 0 bridgehead atoms. The van der Waals surface area contributed by atoms with Gasteiger partial charge in [0.1, 0.15) is 0 Å². The van der Waals surface area contributed by atoms with Crippen molar-refractivity contribution >= 4 is 44.8 Å². The van der Waals surface area contributed by atoms with Gasteiger partial charge in [0.2, 0.25) is 21.8 Å². The van der Waals surface area contributed by atoms with Crippen molar-refractivity contribution in [1.82, 2.24) is 4.72 Å². The molecular formula is C21H22ClN3O4S. The van der Waals surface area contributed by atoms with Crippen LogP contribution >= 0.6 is 11.6 Å². The Morgan fingerprint density at radius 3 is 2.67 bits per heavy atom. The third-order valence-electron chi connectivity index (χ3n) is 5.20. The van der Waals surface area contributed by atoms with Crippen molar-refractivity contribution in [2.24, 2.45) is 5.92 Å². The van der Waals surface area contributed by atoms with Crippen LogP contribution in [0.4, 0.5) is 11.4 Å². The molecule has 1 fully saturated rings. The van der Waals surface area contributed by atoms with Crippen LogP contribution in [0.15, 0.2) is 47.4 Å². The molecule has 0 atom stereocenters. The minimum absolute atomic E-state index is 0.0135. The second-order valence-corrected chi connectivity index (χ2v) is 9.71. The van der Waals surface area contributed by atoms with Gasteiger partial charge in [-0.05, 0) is 61.2 Å². The van der Waals surface area contributed by atoms with E-state index < -0.39 is 10.0 Å². The number of fused-ring (bicyclic) bond motifs is 1. The first-order chi connectivity index (χ1) is 14.3. The monoisotopic (exact) mass is 447 g/mol. The molecule has 4 rings (SSSR count). The number of nitrogens with one attached hydrogen (secondary N) is 2. The Labute approximate surface area is 180 Å². The van der Waals surface area contributed by atoms with Crippen LogP contribution in [0.5, 0.6) is 0 Å². The highest BCUT2D eigenvalue weighted by Crippen LogP contribution is 2.37. The number of amides is 2. The number of carbonyl (C=O) groups excluding carboxylic acids is 2. The maximum absolute atomic E-state index is 12.6. The molecule has 7 nitrogen and oxygen atoms in total. The van der Waals surface area contributed by atoms with Gasteiger partial charge in [-0.3, -0.25) is 9.59 Å². The predicted molar refractivity (Wildman–Crippen MR) is 115 cm³/mol. The average molecular weight is 448 g/mol. The van der Waals surface area contributed by atoms with Crippen LogP contribution < -0.4 is 14.9 Å². The van der Waals surface area contributed by atoms with Gasteiger partial charge in [0.25, 0.3) is 0 Å². The van der Waals surface area contributed by atoms with E-state index in [1.807, 2.05) is 0 Å². The fourth-order valence-corrected chi connectivity index (χ4v) is 4.77. The maximum atomic E-state index is 12.6. The third-order valence-corrected chi connectivity index (χ3v) is 6.90. The summed E-state index contributed by atoms with van der Waals surface area (Å²) in [7, 11) is -3.75. The number of benzene rings is 2. The van der Waals surface area contributed by atoms with Gasteiger partial charge in [-0.15, -0.1) is 0 Å². The first-order valence-corrected chi connectivity index (χ1v) is 11.7. The maximum Gasteiger partial charge on any atom is 0.240 e. The molecule has 2 aromatic carbocycles. The topological polar surface area (TPSA) is 95.6 Å². The van der Waals surface area contributed by atoms with Crippen molar-refractivity contribution in [2.45, 2.75) is 30.6 Å². The van der Waals surface area contributed by atoms with Crippen LogP contribution in [0.25, 0.3) is 0 Å². The molecular weight excluding hydrogens is 426 g/mol. The SMILES string of the molecule is O=C(CCNS(=O)(=O)c1ccc2c(c1)CCN2C(=O)C1CC1)Nc1cccc(Cl)c1. The van der Waals surface area contributed by atoms with Crippen molar-refractivity contribution in [1.29, 1.82) is 0 Å². The standard InChI is InChI=1S/C21H22ClN3O4S/c22-16-2-1-3-17(13-16)24-20(26)8-10-23-30(28,29)18-6-7-19-15(12-18)9-11-25(19)21(27)14-4-5-14/h1-3,6-7,12-14,23H,4-5,8-11H2,(H,24,26). The molecule has 0 saturated heterocycles. The fourth-order valence-electron chi connectivity index (χ4n) is 3.50. The van der Waals surface area contributed by atoms with E-state index >= 15 is 0 Å². The van der Waals surface area contributed by atoms with Crippen molar-refractivity contribution in [3.63, 3.8) is 0 Å². The minimum Gasteiger partial charge on any atom is -0.326 e. The predicted octanol–water partition coefficient (Wildman–Crippen LogP) is 2.95. The molecule has 1 saturated carbocycles.